The van der Waals surface area contributed by atoms with Crippen molar-refractivity contribution in [3.63, 3.8) is 0 Å². The topological polar surface area (TPSA) is 110 Å². The zero-order chi connectivity index (χ0) is 19.7. The molecule has 8 nitrogen and oxygen atoms in total. The van der Waals surface area contributed by atoms with Gasteiger partial charge in [-0.15, -0.1) is 10.2 Å². The smallest absolute Gasteiger partial charge is 0.346 e. The Morgan fingerprint density at radius 3 is 2.93 bits per heavy atom. The van der Waals surface area contributed by atoms with E-state index in [9.17, 15) is 9.90 Å². The molecule has 0 aliphatic rings. The molecule has 9 heteroatoms. The third-order valence-electron chi connectivity index (χ3n) is 4.18. The minimum Gasteiger partial charge on any atom is -0.497 e. The number of pyridine rings is 1. The van der Waals surface area contributed by atoms with Gasteiger partial charge in [0.15, 0.2) is 10.6 Å². The Hall–Kier alpha value is -3.30. The Labute approximate surface area is 163 Å². The van der Waals surface area contributed by atoms with E-state index in [1.165, 1.54) is 11.3 Å². The zero-order valence-electron chi connectivity index (χ0n) is 15.1. The summed E-state index contributed by atoms with van der Waals surface area (Å²) in [6.45, 7) is 1.53. The lowest BCUT2D eigenvalue weighted by Crippen LogP contribution is -2.05. The number of nitrogens with zero attached hydrogens (tertiary/aromatic N) is 3. The molecule has 0 aliphatic carbocycles. The van der Waals surface area contributed by atoms with Gasteiger partial charge in [-0.25, -0.2) is 4.79 Å². The van der Waals surface area contributed by atoms with E-state index in [4.69, 9.17) is 9.15 Å². The lowest BCUT2D eigenvalue weighted by atomic mass is 10.1. The average Bonchev–Trinajstić information content (AvgIpc) is 3.16. The molecular weight excluding hydrogens is 380 g/mol. The molecule has 0 fully saturated rings. The van der Waals surface area contributed by atoms with E-state index < -0.39 is 5.63 Å². The van der Waals surface area contributed by atoms with Crippen molar-refractivity contribution in [2.24, 2.45) is 0 Å². The van der Waals surface area contributed by atoms with E-state index in [0.717, 1.165) is 5.69 Å². The van der Waals surface area contributed by atoms with Crippen LogP contribution in [-0.4, -0.2) is 27.4 Å². The molecule has 3 aromatic heterocycles. The molecule has 0 radical (unpaired) electrons. The molecule has 4 aromatic rings. The number of aryl methyl sites for hydroxylation is 1. The Bertz CT molecular complexity index is 1220. The highest BCUT2D eigenvalue weighted by molar-refractivity contribution is 7.18. The van der Waals surface area contributed by atoms with Crippen LogP contribution in [0.15, 0.2) is 45.7 Å². The van der Waals surface area contributed by atoms with Crippen molar-refractivity contribution in [1.82, 2.24) is 15.2 Å². The highest BCUT2D eigenvalue weighted by Gasteiger charge is 2.16. The molecule has 0 spiro atoms. The van der Waals surface area contributed by atoms with Crippen molar-refractivity contribution in [3.8, 4) is 16.3 Å². The fraction of sp³-hybridized carbons (Fsp3) is 0.158. The van der Waals surface area contributed by atoms with E-state index in [2.05, 4.69) is 20.5 Å². The highest BCUT2D eigenvalue weighted by atomic mass is 32.1. The zero-order valence-corrected chi connectivity index (χ0v) is 15.9. The van der Waals surface area contributed by atoms with E-state index in [-0.39, 0.29) is 12.2 Å². The number of hydrogen-bond acceptors (Lipinski definition) is 9. The van der Waals surface area contributed by atoms with Crippen LogP contribution in [0.2, 0.25) is 0 Å². The summed E-state index contributed by atoms with van der Waals surface area (Å²) in [4.78, 5) is 16.6. The molecule has 0 aliphatic heterocycles. The summed E-state index contributed by atoms with van der Waals surface area (Å²) in [5, 5.41) is 22.5. The molecule has 0 atom stereocenters. The van der Waals surface area contributed by atoms with E-state index in [0.29, 0.717) is 38.1 Å². The number of benzene rings is 1. The number of aromatic nitrogens is 3. The number of nitrogens with one attached hydrogen (secondary N) is 1. The van der Waals surface area contributed by atoms with Crippen LogP contribution in [-0.2, 0) is 6.61 Å². The molecule has 0 bridgehead atoms. The second-order valence-electron chi connectivity index (χ2n) is 5.99. The monoisotopic (exact) mass is 396 g/mol. The van der Waals surface area contributed by atoms with Gasteiger partial charge in [-0.05, 0) is 25.1 Å². The van der Waals surface area contributed by atoms with Crippen LogP contribution in [0.5, 0.6) is 5.75 Å². The number of fused-ring (bicyclic) bond motifs is 1. The van der Waals surface area contributed by atoms with Crippen molar-refractivity contribution in [2.45, 2.75) is 13.5 Å². The number of methoxy groups -OCH3 is 1. The second kappa shape index (κ2) is 7.37. The summed E-state index contributed by atoms with van der Waals surface area (Å²) in [5.41, 5.74) is 2.05. The summed E-state index contributed by atoms with van der Waals surface area (Å²) in [6.07, 6.45) is 1.57. The van der Waals surface area contributed by atoms with Gasteiger partial charge < -0.3 is 19.6 Å². The predicted molar refractivity (Wildman–Crippen MR) is 106 cm³/mol. The van der Waals surface area contributed by atoms with Gasteiger partial charge >= 0.3 is 5.63 Å². The van der Waals surface area contributed by atoms with Gasteiger partial charge in [-0.3, -0.25) is 4.98 Å². The molecule has 2 N–H and O–H groups in total. The van der Waals surface area contributed by atoms with Crippen LogP contribution in [0.25, 0.3) is 21.5 Å². The van der Waals surface area contributed by atoms with Crippen molar-refractivity contribution in [1.29, 1.82) is 0 Å². The number of rotatable bonds is 5. The van der Waals surface area contributed by atoms with Gasteiger partial charge in [0.1, 0.15) is 5.75 Å². The van der Waals surface area contributed by atoms with Gasteiger partial charge in [-0.2, -0.15) is 0 Å². The third kappa shape index (κ3) is 3.32. The SMILES string of the molecule is COc1cccc(Nc2nnc(-c3cc4c(CO)cnc(C)c4oc3=O)s2)c1. The van der Waals surface area contributed by atoms with Crippen molar-refractivity contribution < 1.29 is 14.3 Å². The Morgan fingerprint density at radius 1 is 1.29 bits per heavy atom. The third-order valence-corrected chi connectivity index (χ3v) is 5.06. The summed E-state index contributed by atoms with van der Waals surface area (Å²) in [7, 11) is 1.60. The molecule has 142 valence electrons. The molecule has 28 heavy (non-hydrogen) atoms. The lowest BCUT2D eigenvalue weighted by Gasteiger charge is -2.06. The lowest BCUT2D eigenvalue weighted by molar-refractivity contribution is 0.282. The summed E-state index contributed by atoms with van der Waals surface area (Å²) in [6, 6.07) is 9.06. The first kappa shape index (κ1) is 18.1. The van der Waals surface area contributed by atoms with E-state index >= 15 is 0 Å². The quantitative estimate of drug-likeness (QED) is 0.529. The number of hydrogen-bond donors (Lipinski definition) is 2. The fourth-order valence-corrected chi connectivity index (χ4v) is 3.53. The van der Waals surface area contributed by atoms with Crippen molar-refractivity contribution in [2.75, 3.05) is 12.4 Å². The Balaban J connectivity index is 1.73. The van der Waals surface area contributed by atoms with Gasteiger partial charge in [0.05, 0.1) is 25.0 Å². The van der Waals surface area contributed by atoms with Crippen LogP contribution >= 0.6 is 11.3 Å². The molecule has 4 rings (SSSR count). The van der Waals surface area contributed by atoms with Crippen LogP contribution < -0.4 is 15.7 Å². The average molecular weight is 396 g/mol. The minimum absolute atomic E-state index is 0.213. The summed E-state index contributed by atoms with van der Waals surface area (Å²) >= 11 is 1.22. The second-order valence-corrected chi connectivity index (χ2v) is 6.96. The summed E-state index contributed by atoms with van der Waals surface area (Å²) in [5.74, 6) is 0.713. The summed E-state index contributed by atoms with van der Waals surface area (Å²) < 4.78 is 10.7. The first-order chi connectivity index (χ1) is 13.6. The first-order valence-electron chi connectivity index (χ1n) is 8.37. The standard InChI is InChI=1S/C19H16N4O4S/c1-10-16-14(11(9-24)8-20-10)7-15(18(25)27-16)17-22-23-19(28-17)21-12-4-3-5-13(6-12)26-2/h3-8,24H,9H2,1-2H3,(H,21,23). The number of aliphatic hydroxyl groups excluding tert-OH is 1. The molecule has 1 aromatic carbocycles. The van der Waals surface area contributed by atoms with Gasteiger partial charge in [-0.1, -0.05) is 17.4 Å². The van der Waals surface area contributed by atoms with Crippen LogP contribution in [0.1, 0.15) is 11.3 Å². The van der Waals surface area contributed by atoms with Gasteiger partial charge in [0, 0.05) is 28.9 Å². The van der Waals surface area contributed by atoms with E-state index in [1.807, 2.05) is 24.3 Å². The Kier molecular flexibility index (Phi) is 4.76. The fourth-order valence-electron chi connectivity index (χ4n) is 2.76. The van der Waals surface area contributed by atoms with E-state index in [1.54, 1.807) is 26.3 Å². The highest BCUT2D eigenvalue weighted by Crippen LogP contribution is 2.30. The molecule has 0 unspecified atom stereocenters. The van der Waals surface area contributed by atoms with Crippen LogP contribution in [0.4, 0.5) is 10.8 Å². The largest absolute Gasteiger partial charge is 0.497 e. The maximum Gasteiger partial charge on any atom is 0.346 e. The predicted octanol–water partition coefficient (Wildman–Crippen LogP) is 3.26. The minimum atomic E-state index is -0.531. The first-order valence-corrected chi connectivity index (χ1v) is 9.19. The maximum absolute atomic E-state index is 12.5. The van der Waals surface area contributed by atoms with Crippen LogP contribution in [0.3, 0.4) is 0 Å². The molecule has 0 amide bonds. The molecule has 3 heterocycles. The number of aliphatic hydroxyl groups is 1. The maximum atomic E-state index is 12.5. The number of anilines is 2. The van der Waals surface area contributed by atoms with Crippen molar-refractivity contribution >= 4 is 33.1 Å². The van der Waals surface area contributed by atoms with Crippen LogP contribution in [0, 0.1) is 6.92 Å². The molecule has 0 saturated carbocycles. The van der Waals surface area contributed by atoms with Gasteiger partial charge in [0.2, 0.25) is 5.13 Å². The van der Waals surface area contributed by atoms with Crippen molar-refractivity contribution in [3.05, 3.63) is 58.2 Å². The molecular formula is C19H16N4O4S. The van der Waals surface area contributed by atoms with Gasteiger partial charge in [0.25, 0.3) is 0 Å². The normalized spacial score (nSPS) is 11.0. The number of ether oxygens (including phenoxy) is 1. The molecule has 0 saturated heterocycles. The Morgan fingerprint density at radius 2 is 2.14 bits per heavy atom.